The summed E-state index contributed by atoms with van der Waals surface area (Å²) in [6, 6.07) is 9.65. The van der Waals surface area contributed by atoms with Crippen molar-refractivity contribution >= 4 is 11.0 Å². The molecule has 98 valence electrons. The van der Waals surface area contributed by atoms with Gasteiger partial charge in [0.05, 0.1) is 12.6 Å². The Balaban J connectivity index is 1.87. The van der Waals surface area contributed by atoms with Gasteiger partial charge in [0.15, 0.2) is 0 Å². The van der Waals surface area contributed by atoms with E-state index in [1.165, 1.54) is 0 Å². The topological polar surface area (TPSA) is 69.9 Å². The highest BCUT2D eigenvalue weighted by molar-refractivity contribution is 5.77. The summed E-state index contributed by atoms with van der Waals surface area (Å²) in [6.45, 7) is 4.36. The van der Waals surface area contributed by atoms with Gasteiger partial charge >= 0.3 is 0 Å². The first-order valence-corrected chi connectivity index (χ1v) is 6.25. The van der Waals surface area contributed by atoms with Crippen molar-refractivity contribution in [1.82, 2.24) is 14.8 Å². The maximum absolute atomic E-state index is 6.19. The molecule has 2 aromatic heterocycles. The number of fused-ring (bicyclic) bond motifs is 1. The second-order valence-electron chi connectivity index (χ2n) is 4.68. The number of rotatable bonds is 3. The molecule has 0 radical (unpaired) electrons. The zero-order valence-corrected chi connectivity index (χ0v) is 11.0. The van der Waals surface area contributed by atoms with Crippen LogP contribution in [0.5, 0.6) is 0 Å². The molecule has 0 spiro atoms. The molecule has 0 amide bonds. The molecule has 0 aliphatic carbocycles. The number of hydrogen-bond acceptors (Lipinski definition) is 4. The number of benzene rings is 1. The molecule has 1 atom stereocenters. The lowest BCUT2D eigenvalue weighted by atomic mass is 10.2. The third-order valence-corrected chi connectivity index (χ3v) is 3.14. The fourth-order valence-corrected chi connectivity index (χ4v) is 2.20. The number of nitrogens with zero attached hydrogens (tertiary/aromatic N) is 3. The van der Waals surface area contributed by atoms with E-state index in [4.69, 9.17) is 10.2 Å². The van der Waals surface area contributed by atoms with Gasteiger partial charge in [0, 0.05) is 5.39 Å². The van der Waals surface area contributed by atoms with Gasteiger partial charge in [0.2, 0.25) is 0 Å². The molecule has 0 aliphatic rings. The molecule has 0 bridgehead atoms. The smallest absolute Gasteiger partial charge is 0.147 e. The highest BCUT2D eigenvalue weighted by Gasteiger charge is 2.14. The first kappa shape index (κ1) is 11.9. The van der Waals surface area contributed by atoms with Gasteiger partial charge in [-0.1, -0.05) is 18.2 Å². The van der Waals surface area contributed by atoms with Gasteiger partial charge in [0.25, 0.3) is 0 Å². The zero-order valence-electron chi connectivity index (χ0n) is 11.0. The van der Waals surface area contributed by atoms with Crippen LogP contribution in [0.25, 0.3) is 11.0 Å². The van der Waals surface area contributed by atoms with E-state index in [0.717, 1.165) is 28.4 Å². The van der Waals surface area contributed by atoms with Gasteiger partial charge in [-0.15, -0.1) is 0 Å². The van der Waals surface area contributed by atoms with Crippen LogP contribution >= 0.6 is 0 Å². The lowest BCUT2D eigenvalue weighted by Gasteiger charge is -2.09. The number of aryl methyl sites for hydroxylation is 2. The Morgan fingerprint density at radius 3 is 2.79 bits per heavy atom. The minimum Gasteiger partial charge on any atom is -0.459 e. The molecule has 1 aromatic carbocycles. The summed E-state index contributed by atoms with van der Waals surface area (Å²) in [6.07, 6.45) is 0. The molecule has 0 saturated carbocycles. The van der Waals surface area contributed by atoms with E-state index < -0.39 is 0 Å². The average molecular weight is 256 g/mol. The first-order chi connectivity index (χ1) is 9.13. The molecule has 5 nitrogen and oxygen atoms in total. The van der Waals surface area contributed by atoms with Crippen molar-refractivity contribution in [2.75, 3.05) is 0 Å². The van der Waals surface area contributed by atoms with Crippen LogP contribution in [0.3, 0.4) is 0 Å². The van der Waals surface area contributed by atoms with Gasteiger partial charge in [-0.3, -0.25) is 0 Å². The van der Waals surface area contributed by atoms with Crippen molar-refractivity contribution < 1.29 is 4.42 Å². The summed E-state index contributed by atoms with van der Waals surface area (Å²) in [7, 11) is 0. The van der Waals surface area contributed by atoms with Crippen molar-refractivity contribution in [2.24, 2.45) is 5.73 Å². The van der Waals surface area contributed by atoms with Crippen LogP contribution in [0.15, 0.2) is 34.7 Å². The van der Waals surface area contributed by atoms with Crippen molar-refractivity contribution in [2.45, 2.75) is 26.4 Å². The number of aromatic nitrogens is 3. The predicted octanol–water partition coefficient (Wildman–Crippen LogP) is 2.34. The van der Waals surface area contributed by atoms with Gasteiger partial charge in [-0.25, -0.2) is 9.67 Å². The number of nitrogens with two attached hydrogens (primary N) is 1. The lowest BCUT2D eigenvalue weighted by Crippen LogP contribution is -2.18. The first-order valence-electron chi connectivity index (χ1n) is 6.25. The highest BCUT2D eigenvalue weighted by atomic mass is 16.3. The van der Waals surface area contributed by atoms with Crippen molar-refractivity contribution in [3.8, 4) is 0 Å². The third-order valence-electron chi connectivity index (χ3n) is 3.14. The summed E-state index contributed by atoms with van der Waals surface area (Å²) < 4.78 is 7.57. The summed E-state index contributed by atoms with van der Waals surface area (Å²) in [4.78, 5) is 4.27. The molecule has 3 rings (SSSR count). The minimum atomic E-state index is -0.229. The lowest BCUT2D eigenvalue weighted by molar-refractivity contribution is 0.433. The highest BCUT2D eigenvalue weighted by Crippen LogP contribution is 2.23. The second-order valence-corrected chi connectivity index (χ2v) is 4.68. The Morgan fingerprint density at radius 1 is 1.32 bits per heavy atom. The SMILES string of the molecule is Cc1nc(C)n(CC(N)c2cc3ccccc3o2)n1. The summed E-state index contributed by atoms with van der Waals surface area (Å²) in [5, 5.41) is 5.38. The molecule has 0 fully saturated rings. The van der Waals surface area contributed by atoms with E-state index in [9.17, 15) is 0 Å². The van der Waals surface area contributed by atoms with E-state index in [1.807, 2.05) is 48.9 Å². The van der Waals surface area contributed by atoms with Gasteiger partial charge in [0.1, 0.15) is 23.0 Å². The fourth-order valence-electron chi connectivity index (χ4n) is 2.20. The Labute approximate surface area is 111 Å². The monoisotopic (exact) mass is 256 g/mol. The van der Waals surface area contributed by atoms with Crippen molar-refractivity contribution in [3.63, 3.8) is 0 Å². The van der Waals surface area contributed by atoms with Crippen LogP contribution in [0.1, 0.15) is 23.5 Å². The third kappa shape index (κ3) is 2.24. The molecule has 3 aromatic rings. The number of hydrogen-bond donors (Lipinski definition) is 1. The summed E-state index contributed by atoms with van der Waals surface area (Å²) >= 11 is 0. The molecule has 2 N–H and O–H groups in total. The Bertz CT molecular complexity index is 680. The summed E-state index contributed by atoms with van der Waals surface area (Å²) in [5.74, 6) is 2.40. The number of para-hydroxylation sites is 1. The van der Waals surface area contributed by atoms with E-state index >= 15 is 0 Å². The molecule has 1 unspecified atom stereocenters. The zero-order chi connectivity index (χ0) is 13.4. The molecule has 5 heteroatoms. The predicted molar refractivity (Wildman–Crippen MR) is 72.6 cm³/mol. The Kier molecular flexibility index (Phi) is 2.83. The quantitative estimate of drug-likeness (QED) is 0.780. The second kappa shape index (κ2) is 4.51. The maximum atomic E-state index is 6.19. The Morgan fingerprint density at radius 2 is 2.11 bits per heavy atom. The standard InChI is InChI=1S/C14H16N4O/c1-9-16-10(2)18(17-9)8-12(15)14-7-11-5-3-4-6-13(11)19-14/h3-7,12H,8,15H2,1-2H3. The maximum Gasteiger partial charge on any atom is 0.147 e. The average Bonchev–Trinajstić information content (AvgIpc) is 2.93. The van der Waals surface area contributed by atoms with Crippen LogP contribution < -0.4 is 5.73 Å². The van der Waals surface area contributed by atoms with E-state index in [-0.39, 0.29) is 6.04 Å². The normalized spacial score (nSPS) is 13.0. The van der Waals surface area contributed by atoms with Gasteiger partial charge in [-0.2, -0.15) is 5.10 Å². The Hall–Kier alpha value is -2.14. The van der Waals surface area contributed by atoms with Crippen LogP contribution in [0.4, 0.5) is 0 Å². The molecular formula is C14H16N4O. The molecule has 2 heterocycles. The van der Waals surface area contributed by atoms with Crippen molar-refractivity contribution in [1.29, 1.82) is 0 Å². The van der Waals surface area contributed by atoms with Crippen LogP contribution in [0.2, 0.25) is 0 Å². The van der Waals surface area contributed by atoms with Crippen LogP contribution in [0, 0.1) is 13.8 Å². The van der Waals surface area contributed by atoms with Crippen LogP contribution in [-0.2, 0) is 6.54 Å². The molecule has 0 saturated heterocycles. The van der Waals surface area contributed by atoms with E-state index in [1.54, 1.807) is 0 Å². The fraction of sp³-hybridized carbons (Fsp3) is 0.286. The van der Waals surface area contributed by atoms with E-state index in [2.05, 4.69) is 10.1 Å². The van der Waals surface area contributed by atoms with E-state index in [0.29, 0.717) is 6.54 Å². The largest absolute Gasteiger partial charge is 0.459 e. The molecule has 19 heavy (non-hydrogen) atoms. The molecular weight excluding hydrogens is 240 g/mol. The summed E-state index contributed by atoms with van der Waals surface area (Å²) in [5.41, 5.74) is 7.05. The molecule has 0 aliphatic heterocycles. The van der Waals surface area contributed by atoms with Gasteiger partial charge in [-0.05, 0) is 26.0 Å². The van der Waals surface area contributed by atoms with Gasteiger partial charge < -0.3 is 10.2 Å². The van der Waals surface area contributed by atoms with Crippen LogP contribution in [-0.4, -0.2) is 14.8 Å². The number of furan rings is 1. The van der Waals surface area contributed by atoms with Crippen molar-refractivity contribution in [3.05, 3.63) is 47.7 Å². The minimum absolute atomic E-state index is 0.229.